The summed E-state index contributed by atoms with van der Waals surface area (Å²) in [5, 5.41) is 10.2. The van der Waals surface area contributed by atoms with Crippen LogP contribution < -0.4 is 0 Å². The van der Waals surface area contributed by atoms with Gasteiger partial charge in [0.1, 0.15) is 5.69 Å². The predicted octanol–water partition coefficient (Wildman–Crippen LogP) is 1.07. The van der Waals surface area contributed by atoms with Crippen LogP contribution in [0.15, 0.2) is 18.2 Å². The summed E-state index contributed by atoms with van der Waals surface area (Å²) in [5.74, 6) is -0.178. The van der Waals surface area contributed by atoms with Crippen molar-refractivity contribution in [1.82, 2.24) is 9.88 Å². The van der Waals surface area contributed by atoms with Gasteiger partial charge in [-0.3, -0.25) is 4.90 Å². The molecule has 0 aromatic carbocycles. The quantitative estimate of drug-likeness (QED) is 0.824. The zero-order chi connectivity index (χ0) is 14.0. The van der Waals surface area contributed by atoms with Gasteiger partial charge in [0.15, 0.2) is 0 Å². The van der Waals surface area contributed by atoms with Crippen molar-refractivity contribution >= 4 is 5.97 Å². The van der Waals surface area contributed by atoms with Gasteiger partial charge in [-0.2, -0.15) is 0 Å². The third-order valence-corrected chi connectivity index (χ3v) is 3.66. The van der Waals surface area contributed by atoms with E-state index < -0.39 is 11.6 Å². The normalized spacial score (nSPS) is 18.2. The topological polar surface area (TPSA) is 62.7 Å². The summed E-state index contributed by atoms with van der Waals surface area (Å²) in [4.78, 5) is 17.8. The molecule has 1 aliphatic heterocycles. The molecule has 2 rings (SSSR count). The highest BCUT2D eigenvalue weighted by Crippen LogP contribution is 2.29. The highest BCUT2D eigenvalue weighted by molar-refractivity contribution is 5.87. The number of ether oxygens (including phenoxy) is 1. The second-order valence-corrected chi connectivity index (χ2v) is 5.41. The molecular formula is C14H20N2O3. The van der Waals surface area contributed by atoms with E-state index in [1.54, 1.807) is 12.1 Å². The molecule has 1 aromatic rings. The molecule has 0 unspecified atom stereocenters. The lowest BCUT2D eigenvalue weighted by molar-refractivity contribution is -0.131. The molecule has 5 heteroatoms. The average Bonchev–Trinajstić information content (AvgIpc) is 2.36. The molecule has 19 heavy (non-hydrogen) atoms. The molecule has 0 saturated carbocycles. The molecule has 1 N–H and O–H groups in total. The number of aliphatic hydroxyl groups is 1. The van der Waals surface area contributed by atoms with Crippen molar-refractivity contribution in [2.75, 3.05) is 20.2 Å². The maximum atomic E-state index is 11.4. The van der Waals surface area contributed by atoms with Gasteiger partial charge in [-0.25, -0.2) is 9.78 Å². The van der Waals surface area contributed by atoms with Gasteiger partial charge in [0.25, 0.3) is 0 Å². The van der Waals surface area contributed by atoms with Crippen LogP contribution in [0.3, 0.4) is 0 Å². The zero-order valence-corrected chi connectivity index (χ0v) is 11.6. The molecule has 0 spiro atoms. The summed E-state index contributed by atoms with van der Waals surface area (Å²) in [6.45, 7) is 5.98. The fourth-order valence-electron chi connectivity index (χ4n) is 2.22. The summed E-state index contributed by atoms with van der Waals surface area (Å²) in [7, 11) is 1.34. The summed E-state index contributed by atoms with van der Waals surface area (Å²) in [6.07, 6.45) is 0. The molecule has 0 atom stereocenters. The van der Waals surface area contributed by atoms with Crippen LogP contribution >= 0.6 is 0 Å². The van der Waals surface area contributed by atoms with E-state index in [2.05, 4.69) is 14.6 Å². The lowest BCUT2D eigenvalue weighted by atomic mass is 9.83. The number of likely N-dealkylation sites (tertiary alicyclic amines) is 1. The minimum atomic E-state index is -0.583. The molecule has 5 nitrogen and oxygen atoms in total. The minimum Gasteiger partial charge on any atom is -0.464 e. The number of esters is 1. The third kappa shape index (κ3) is 2.93. The number of carbonyl (C=O) groups excluding carboxylic acids is 1. The van der Waals surface area contributed by atoms with Gasteiger partial charge in [0.2, 0.25) is 0 Å². The molecule has 1 saturated heterocycles. The Morgan fingerprint density at radius 1 is 1.53 bits per heavy atom. The number of nitrogens with zero attached hydrogens (tertiary/aromatic N) is 2. The van der Waals surface area contributed by atoms with E-state index in [1.165, 1.54) is 7.11 Å². The van der Waals surface area contributed by atoms with Crippen molar-refractivity contribution in [2.24, 2.45) is 5.92 Å². The first kappa shape index (κ1) is 14.0. The molecule has 1 fully saturated rings. The highest BCUT2D eigenvalue weighted by atomic mass is 16.5. The lowest BCUT2D eigenvalue weighted by Gasteiger charge is -2.49. The molecule has 0 aliphatic carbocycles. The predicted molar refractivity (Wildman–Crippen MR) is 70.6 cm³/mol. The van der Waals surface area contributed by atoms with Gasteiger partial charge >= 0.3 is 5.97 Å². The number of hydrogen-bond donors (Lipinski definition) is 1. The summed E-state index contributed by atoms with van der Waals surface area (Å²) in [5.41, 5.74) is 0.549. The maximum absolute atomic E-state index is 11.4. The van der Waals surface area contributed by atoms with E-state index in [4.69, 9.17) is 0 Å². The van der Waals surface area contributed by atoms with Crippen LogP contribution in [0, 0.1) is 5.92 Å². The zero-order valence-electron chi connectivity index (χ0n) is 11.6. The summed E-state index contributed by atoms with van der Waals surface area (Å²) < 4.78 is 4.65. The van der Waals surface area contributed by atoms with Crippen molar-refractivity contribution in [2.45, 2.75) is 26.0 Å². The Morgan fingerprint density at radius 3 is 2.79 bits per heavy atom. The van der Waals surface area contributed by atoms with Crippen LogP contribution in [0.1, 0.15) is 30.0 Å². The average molecular weight is 264 g/mol. The molecule has 2 heterocycles. The van der Waals surface area contributed by atoms with E-state index in [1.807, 2.05) is 19.9 Å². The Balaban J connectivity index is 1.97. The number of carbonyl (C=O) groups is 1. The summed E-state index contributed by atoms with van der Waals surface area (Å²) >= 11 is 0. The minimum absolute atomic E-state index is 0.248. The largest absolute Gasteiger partial charge is 0.464 e. The van der Waals surface area contributed by atoms with E-state index in [-0.39, 0.29) is 5.92 Å². The monoisotopic (exact) mass is 264 g/mol. The number of β-amino-alcohol motifs (C(OH)–C–C–N with tert-alkyl or cyclic N) is 1. The van der Waals surface area contributed by atoms with Gasteiger partial charge in [0, 0.05) is 19.6 Å². The second kappa shape index (κ2) is 5.27. The molecule has 1 aromatic heterocycles. The third-order valence-electron chi connectivity index (χ3n) is 3.66. The Morgan fingerprint density at radius 2 is 2.21 bits per heavy atom. The SMILES string of the molecule is COC(=O)c1cccc(CN2CC(O)(C(C)C)C2)n1. The van der Waals surface area contributed by atoms with Crippen LogP contribution in [0.25, 0.3) is 0 Å². The van der Waals surface area contributed by atoms with E-state index in [0.717, 1.165) is 5.69 Å². The second-order valence-electron chi connectivity index (χ2n) is 5.41. The van der Waals surface area contributed by atoms with E-state index in [0.29, 0.717) is 25.3 Å². The number of methoxy groups -OCH3 is 1. The fraction of sp³-hybridized carbons (Fsp3) is 0.571. The first-order chi connectivity index (χ1) is 8.94. The Hall–Kier alpha value is -1.46. The Labute approximate surface area is 113 Å². The van der Waals surface area contributed by atoms with Crippen LogP contribution in [0.4, 0.5) is 0 Å². The Bertz CT molecular complexity index is 468. The molecule has 104 valence electrons. The molecule has 0 radical (unpaired) electrons. The van der Waals surface area contributed by atoms with Crippen molar-refractivity contribution < 1.29 is 14.6 Å². The van der Waals surface area contributed by atoms with E-state index in [9.17, 15) is 9.90 Å². The first-order valence-electron chi connectivity index (χ1n) is 6.43. The van der Waals surface area contributed by atoms with Gasteiger partial charge in [-0.1, -0.05) is 19.9 Å². The standard InChI is InChI=1S/C14H20N2O3/c1-10(2)14(18)8-16(9-14)7-11-5-4-6-12(15-11)13(17)19-3/h4-6,10,18H,7-9H2,1-3H3. The van der Waals surface area contributed by atoms with Crippen molar-refractivity contribution in [3.63, 3.8) is 0 Å². The number of rotatable bonds is 4. The summed E-state index contributed by atoms with van der Waals surface area (Å²) in [6, 6.07) is 5.30. The van der Waals surface area contributed by atoms with Gasteiger partial charge in [-0.05, 0) is 18.1 Å². The van der Waals surface area contributed by atoms with Gasteiger partial charge < -0.3 is 9.84 Å². The van der Waals surface area contributed by atoms with Crippen molar-refractivity contribution in [3.05, 3.63) is 29.6 Å². The number of pyridine rings is 1. The Kier molecular flexibility index (Phi) is 3.87. The van der Waals surface area contributed by atoms with Crippen molar-refractivity contribution in [3.8, 4) is 0 Å². The first-order valence-corrected chi connectivity index (χ1v) is 6.43. The number of aromatic nitrogens is 1. The van der Waals surface area contributed by atoms with Crippen LogP contribution in [0.2, 0.25) is 0 Å². The van der Waals surface area contributed by atoms with E-state index >= 15 is 0 Å². The highest BCUT2D eigenvalue weighted by Gasteiger charge is 2.43. The number of hydrogen-bond acceptors (Lipinski definition) is 5. The van der Waals surface area contributed by atoms with Crippen LogP contribution in [0.5, 0.6) is 0 Å². The molecule has 1 aliphatic rings. The molecule has 0 bridgehead atoms. The van der Waals surface area contributed by atoms with Gasteiger partial charge in [-0.15, -0.1) is 0 Å². The smallest absolute Gasteiger partial charge is 0.356 e. The van der Waals surface area contributed by atoms with Crippen LogP contribution in [-0.4, -0.2) is 46.8 Å². The lowest BCUT2D eigenvalue weighted by Crippen LogP contribution is -2.63. The maximum Gasteiger partial charge on any atom is 0.356 e. The molecule has 0 amide bonds. The van der Waals surface area contributed by atoms with Crippen LogP contribution in [-0.2, 0) is 11.3 Å². The fourth-order valence-corrected chi connectivity index (χ4v) is 2.22. The van der Waals surface area contributed by atoms with Gasteiger partial charge in [0.05, 0.1) is 18.4 Å². The van der Waals surface area contributed by atoms with Crippen molar-refractivity contribution in [1.29, 1.82) is 0 Å². The molecular weight excluding hydrogens is 244 g/mol.